The van der Waals surface area contributed by atoms with Gasteiger partial charge in [0, 0.05) is 5.56 Å². The molecule has 0 saturated heterocycles. The van der Waals surface area contributed by atoms with Crippen molar-refractivity contribution in [1.29, 1.82) is 0 Å². The molecule has 19 heavy (non-hydrogen) atoms. The SMILES string of the molecule is CC1CC(C)CC(OCC(=O)c2ccccc2Cl)C1. The van der Waals surface area contributed by atoms with Gasteiger partial charge >= 0.3 is 0 Å². The lowest BCUT2D eigenvalue weighted by Crippen LogP contribution is -2.28. The molecule has 0 aliphatic heterocycles. The minimum Gasteiger partial charge on any atom is -0.370 e. The summed E-state index contributed by atoms with van der Waals surface area (Å²) < 4.78 is 5.79. The summed E-state index contributed by atoms with van der Waals surface area (Å²) in [5.41, 5.74) is 0.557. The van der Waals surface area contributed by atoms with E-state index in [1.807, 2.05) is 12.1 Å². The Bertz CT molecular complexity index is 434. The molecule has 1 aromatic carbocycles. The van der Waals surface area contributed by atoms with E-state index in [9.17, 15) is 4.79 Å². The minimum absolute atomic E-state index is 0.0310. The van der Waals surface area contributed by atoms with Gasteiger partial charge in [0.25, 0.3) is 0 Å². The average Bonchev–Trinajstić information content (AvgIpc) is 2.35. The van der Waals surface area contributed by atoms with Crippen LogP contribution in [0.15, 0.2) is 24.3 Å². The first-order valence-electron chi connectivity index (χ1n) is 6.95. The normalized spacial score (nSPS) is 27.2. The molecule has 0 heterocycles. The summed E-state index contributed by atoms with van der Waals surface area (Å²) in [6.45, 7) is 4.64. The smallest absolute Gasteiger partial charge is 0.189 e. The van der Waals surface area contributed by atoms with Crippen LogP contribution in [0, 0.1) is 11.8 Å². The van der Waals surface area contributed by atoms with Crippen LogP contribution in [0.4, 0.5) is 0 Å². The van der Waals surface area contributed by atoms with Crippen molar-refractivity contribution in [2.75, 3.05) is 6.61 Å². The zero-order valence-corrected chi connectivity index (χ0v) is 12.3. The quantitative estimate of drug-likeness (QED) is 0.766. The van der Waals surface area contributed by atoms with E-state index in [-0.39, 0.29) is 18.5 Å². The van der Waals surface area contributed by atoms with Crippen LogP contribution in [0.2, 0.25) is 5.02 Å². The third-order valence-electron chi connectivity index (χ3n) is 3.76. The molecule has 104 valence electrons. The summed E-state index contributed by atoms with van der Waals surface area (Å²) in [5.74, 6) is 1.34. The molecule has 0 aromatic heterocycles. The molecule has 0 spiro atoms. The van der Waals surface area contributed by atoms with Gasteiger partial charge in [-0.1, -0.05) is 37.6 Å². The number of halogens is 1. The maximum absolute atomic E-state index is 12.1. The molecule has 2 atom stereocenters. The minimum atomic E-state index is -0.0310. The molecule has 1 aliphatic rings. The van der Waals surface area contributed by atoms with Crippen molar-refractivity contribution in [2.45, 2.75) is 39.2 Å². The van der Waals surface area contributed by atoms with Gasteiger partial charge in [0.05, 0.1) is 11.1 Å². The second kappa shape index (κ2) is 6.53. The number of ether oxygens (including phenoxy) is 1. The Morgan fingerprint density at radius 1 is 1.21 bits per heavy atom. The lowest BCUT2D eigenvalue weighted by atomic mass is 9.82. The van der Waals surface area contributed by atoms with Crippen molar-refractivity contribution < 1.29 is 9.53 Å². The van der Waals surface area contributed by atoms with E-state index in [1.54, 1.807) is 12.1 Å². The van der Waals surface area contributed by atoms with Crippen LogP contribution >= 0.6 is 11.6 Å². The number of carbonyl (C=O) groups excluding carboxylic acids is 1. The van der Waals surface area contributed by atoms with Gasteiger partial charge in [0.15, 0.2) is 5.78 Å². The predicted molar refractivity (Wildman–Crippen MR) is 77.7 cm³/mol. The molecular weight excluding hydrogens is 260 g/mol. The molecule has 1 saturated carbocycles. The number of ketones is 1. The number of hydrogen-bond acceptors (Lipinski definition) is 2. The first-order chi connectivity index (χ1) is 9.06. The van der Waals surface area contributed by atoms with Gasteiger partial charge < -0.3 is 4.74 Å². The number of carbonyl (C=O) groups is 1. The Morgan fingerprint density at radius 3 is 2.47 bits per heavy atom. The number of benzene rings is 1. The summed E-state index contributed by atoms with van der Waals surface area (Å²) in [6.07, 6.45) is 3.59. The van der Waals surface area contributed by atoms with E-state index >= 15 is 0 Å². The second-order valence-electron chi connectivity index (χ2n) is 5.75. The Morgan fingerprint density at radius 2 is 1.84 bits per heavy atom. The van der Waals surface area contributed by atoms with Gasteiger partial charge in [-0.05, 0) is 43.2 Å². The fraction of sp³-hybridized carbons (Fsp3) is 0.562. The first kappa shape index (κ1) is 14.5. The van der Waals surface area contributed by atoms with Gasteiger partial charge in [-0.2, -0.15) is 0 Å². The summed E-state index contributed by atoms with van der Waals surface area (Å²) in [7, 11) is 0. The highest BCUT2D eigenvalue weighted by molar-refractivity contribution is 6.34. The topological polar surface area (TPSA) is 26.3 Å². The Labute approximate surface area is 120 Å². The lowest BCUT2D eigenvalue weighted by molar-refractivity contribution is 0.00563. The van der Waals surface area contributed by atoms with Gasteiger partial charge in [-0.3, -0.25) is 4.79 Å². The van der Waals surface area contributed by atoms with Gasteiger partial charge in [-0.15, -0.1) is 0 Å². The summed E-state index contributed by atoms with van der Waals surface area (Å²) in [4.78, 5) is 12.1. The number of Topliss-reactive ketones (excluding diaryl/α,β-unsaturated/α-hetero) is 1. The standard InChI is InChI=1S/C16H21ClO2/c1-11-7-12(2)9-13(8-11)19-10-16(18)14-5-3-4-6-15(14)17/h3-6,11-13H,7-10H2,1-2H3. The van der Waals surface area contributed by atoms with Crippen LogP contribution < -0.4 is 0 Å². The predicted octanol–water partition coefficient (Wildman–Crippen LogP) is 4.36. The Hall–Kier alpha value is -0.860. The van der Waals surface area contributed by atoms with Gasteiger partial charge in [-0.25, -0.2) is 0 Å². The Balaban J connectivity index is 1.89. The van der Waals surface area contributed by atoms with E-state index in [0.717, 1.165) is 12.8 Å². The number of hydrogen-bond donors (Lipinski definition) is 0. The van der Waals surface area contributed by atoms with Crippen LogP contribution in [0.5, 0.6) is 0 Å². The monoisotopic (exact) mass is 280 g/mol. The van der Waals surface area contributed by atoms with E-state index in [1.165, 1.54) is 6.42 Å². The van der Waals surface area contributed by atoms with Crippen LogP contribution in [0.3, 0.4) is 0 Å². The molecule has 2 nitrogen and oxygen atoms in total. The molecular formula is C16H21ClO2. The van der Waals surface area contributed by atoms with Crippen molar-refractivity contribution in [3.05, 3.63) is 34.9 Å². The van der Waals surface area contributed by atoms with Crippen LogP contribution in [0.1, 0.15) is 43.5 Å². The average molecular weight is 281 g/mol. The highest BCUT2D eigenvalue weighted by Gasteiger charge is 2.25. The molecule has 2 unspecified atom stereocenters. The third kappa shape index (κ3) is 4.05. The van der Waals surface area contributed by atoms with Crippen molar-refractivity contribution in [3.63, 3.8) is 0 Å². The van der Waals surface area contributed by atoms with E-state index in [4.69, 9.17) is 16.3 Å². The van der Waals surface area contributed by atoms with Crippen molar-refractivity contribution in [3.8, 4) is 0 Å². The first-order valence-corrected chi connectivity index (χ1v) is 7.33. The van der Waals surface area contributed by atoms with E-state index < -0.39 is 0 Å². The maximum Gasteiger partial charge on any atom is 0.189 e. The zero-order valence-electron chi connectivity index (χ0n) is 11.6. The lowest BCUT2D eigenvalue weighted by Gasteiger charge is -2.31. The van der Waals surface area contributed by atoms with Gasteiger partial charge in [0.2, 0.25) is 0 Å². The van der Waals surface area contributed by atoms with Crippen LogP contribution in [-0.2, 0) is 4.74 Å². The van der Waals surface area contributed by atoms with Gasteiger partial charge in [0.1, 0.15) is 6.61 Å². The molecule has 1 fully saturated rings. The molecule has 0 amide bonds. The molecule has 1 aromatic rings. The molecule has 0 bridgehead atoms. The summed E-state index contributed by atoms with van der Waals surface area (Å²) in [5, 5.41) is 0.501. The molecule has 0 radical (unpaired) electrons. The van der Waals surface area contributed by atoms with Crippen LogP contribution in [-0.4, -0.2) is 18.5 Å². The van der Waals surface area contributed by atoms with Crippen LogP contribution in [0.25, 0.3) is 0 Å². The highest BCUT2D eigenvalue weighted by atomic mass is 35.5. The maximum atomic E-state index is 12.1. The zero-order chi connectivity index (χ0) is 13.8. The molecule has 0 N–H and O–H groups in total. The summed E-state index contributed by atoms with van der Waals surface area (Å²) in [6, 6.07) is 7.13. The molecule has 3 heteroatoms. The fourth-order valence-corrected chi connectivity index (χ4v) is 3.21. The Kier molecular flexibility index (Phi) is 5.00. The molecule has 2 rings (SSSR count). The van der Waals surface area contributed by atoms with Crippen molar-refractivity contribution in [1.82, 2.24) is 0 Å². The second-order valence-corrected chi connectivity index (χ2v) is 6.16. The fourth-order valence-electron chi connectivity index (χ4n) is 2.97. The van der Waals surface area contributed by atoms with Crippen molar-refractivity contribution >= 4 is 17.4 Å². The summed E-state index contributed by atoms with van der Waals surface area (Å²) >= 11 is 6.01. The van der Waals surface area contributed by atoms with E-state index in [0.29, 0.717) is 22.4 Å². The third-order valence-corrected chi connectivity index (χ3v) is 4.09. The van der Waals surface area contributed by atoms with Crippen molar-refractivity contribution in [2.24, 2.45) is 11.8 Å². The number of rotatable bonds is 4. The molecule has 1 aliphatic carbocycles. The largest absolute Gasteiger partial charge is 0.370 e. The van der Waals surface area contributed by atoms with E-state index in [2.05, 4.69) is 13.8 Å². The highest BCUT2D eigenvalue weighted by Crippen LogP contribution is 2.30.